The number of likely N-dealkylation sites (tertiary alicyclic amines) is 1. The van der Waals surface area contributed by atoms with Crippen LogP contribution in [0.1, 0.15) is 20.8 Å². The molecule has 0 saturated carbocycles. The van der Waals surface area contributed by atoms with Crippen LogP contribution in [0.3, 0.4) is 0 Å². The Morgan fingerprint density at radius 1 is 1.30 bits per heavy atom. The molecule has 20 heavy (non-hydrogen) atoms. The fraction of sp³-hybridized carbons (Fsp3) is 0.846. The van der Waals surface area contributed by atoms with E-state index in [9.17, 15) is 9.59 Å². The third-order valence-electron chi connectivity index (χ3n) is 3.79. The third-order valence-corrected chi connectivity index (χ3v) is 3.79. The Balaban J connectivity index is 2.25. The predicted octanol–water partition coefficient (Wildman–Crippen LogP) is -0.306. The molecule has 0 bridgehead atoms. The molecule has 0 aromatic rings. The molecule has 2 fully saturated rings. The Labute approximate surface area is 118 Å². The molecular weight excluding hydrogens is 262 g/mol. The summed E-state index contributed by atoms with van der Waals surface area (Å²) in [5.41, 5.74) is 5.52. The zero-order valence-corrected chi connectivity index (χ0v) is 12.4. The summed E-state index contributed by atoms with van der Waals surface area (Å²) >= 11 is 0. The van der Waals surface area contributed by atoms with Crippen molar-refractivity contribution in [2.24, 2.45) is 11.7 Å². The van der Waals surface area contributed by atoms with Crippen LogP contribution in [0.25, 0.3) is 0 Å². The van der Waals surface area contributed by atoms with E-state index in [4.69, 9.17) is 15.2 Å². The number of carbonyl (C=O) groups is 2. The molecule has 4 atom stereocenters. The quantitative estimate of drug-likeness (QED) is 0.642. The van der Waals surface area contributed by atoms with Crippen LogP contribution < -0.4 is 11.1 Å². The van der Waals surface area contributed by atoms with Crippen LogP contribution in [0.4, 0.5) is 4.79 Å². The lowest BCUT2D eigenvalue weighted by molar-refractivity contribution is -0.146. The van der Waals surface area contributed by atoms with Gasteiger partial charge in [-0.15, -0.1) is 0 Å². The molecule has 114 valence electrons. The van der Waals surface area contributed by atoms with E-state index < -0.39 is 29.7 Å². The largest absolute Gasteiger partial charge is 0.467 e. The molecular formula is C13H23N3O4. The number of methoxy groups -OCH3 is 1. The number of nitrogens with two attached hydrogens (primary N) is 1. The van der Waals surface area contributed by atoms with Crippen molar-refractivity contribution >= 4 is 12.1 Å². The van der Waals surface area contributed by atoms with E-state index in [1.807, 2.05) is 0 Å². The zero-order valence-electron chi connectivity index (χ0n) is 12.4. The first kappa shape index (κ1) is 15.1. The molecule has 2 rings (SSSR count). The average Bonchev–Trinajstić information content (AvgIpc) is 2.88. The lowest BCUT2D eigenvalue weighted by Gasteiger charge is -2.31. The first-order valence-electron chi connectivity index (χ1n) is 6.81. The molecule has 0 aromatic carbocycles. The van der Waals surface area contributed by atoms with E-state index in [-0.39, 0.29) is 12.0 Å². The minimum Gasteiger partial charge on any atom is -0.467 e. The van der Waals surface area contributed by atoms with Crippen molar-refractivity contribution in [3.8, 4) is 0 Å². The van der Waals surface area contributed by atoms with E-state index in [0.29, 0.717) is 13.1 Å². The van der Waals surface area contributed by atoms with E-state index in [0.717, 1.165) is 0 Å². The minimum atomic E-state index is -0.771. The van der Waals surface area contributed by atoms with Crippen LogP contribution >= 0.6 is 0 Å². The molecule has 0 aliphatic carbocycles. The molecule has 2 aliphatic rings. The molecule has 1 amide bonds. The van der Waals surface area contributed by atoms with E-state index in [2.05, 4.69) is 5.32 Å². The van der Waals surface area contributed by atoms with Crippen LogP contribution in [0.15, 0.2) is 0 Å². The number of nitrogens with one attached hydrogen (secondary N) is 1. The number of fused-ring (bicyclic) bond motifs is 1. The highest BCUT2D eigenvalue weighted by Crippen LogP contribution is 2.33. The molecule has 2 saturated heterocycles. The van der Waals surface area contributed by atoms with Gasteiger partial charge in [0, 0.05) is 25.0 Å². The minimum absolute atomic E-state index is 0.0478. The lowest BCUT2D eigenvalue weighted by Crippen LogP contribution is -2.53. The second kappa shape index (κ2) is 5.21. The van der Waals surface area contributed by atoms with Crippen LogP contribution in [-0.4, -0.2) is 60.9 Å². The maximum absolute atomic E-state index is 12.4. The summed E-state index contributed by atoms with van der Waals surface area (Å²) in [6, 6.07) is -1.33. The molecule has 0 spiro atoms. The van der Waals surface area contributed by atoms with Crippen LogP contribution in [-0.2, 0) is 14.3 Å². The molecule has 2 aliphatic heterocycles. The van der Waals surface area contributed by atoms with Crippen molar-refractivity contribution in [2.75, 3.05) is 20.2 Å². The Kier molecular flexibility index (Phi) is 3.93. The lowest BCUT2D eigenvalue weighted by atomic mass is 9.97. The second-order valence-electron chi connectivity index (χ2n) is 6.32. The van der Waals surface area contributed by atoms with Crippen molar-refractivity contribution in [1.82, 2.24) is 10.2 Å². The topological polar surface area (TPSA) is 93.9 Å². The highest BCUT2D eigenvalue weighted by atomic mass is 16.6. The highest BCUT2D eigenvalue weighted by molar-refractivity contribution is 5.83. The number of carbonyl (C=O) groups excluding carboxylic acids is 2. The Hall–Kier alpha value is -1.34. The Morgan fingerprint density at radius 3 is 2.50 bits per heavy atom. The number of rotatable bonds is 1. The smallest absolute Gasteiger partial charge is 0.411 e. The number of ether oxygens (including phenoxy) is 2. The van der Waals surface area contributed by atoms with Crippen molar-refractivity contribution in [3.63, 3.8) is 0 Å². The van der Waals surface area contributed by atoms with Crippen molar-refractivity contribution in [2.45, 2.75) is 44.5 Å². The van der Waals surface area contributed by atoms with E-state index in [1.54, 1.807) is 20.8 Å². The number of nitrogens with zero attached hydrogens (tertiary/aromatic N) is 1. The summed E-state index contributed by atoms with van der Waals surface area (Å²) < 4.78 is 10.2. The van der Waals surface area contributed by atoms with E-state index in [1.165, 1.54) is 12.0 Å². The van der Waals surface area contributed by atoms with Gasteiger partial charge in [-0.05, 0) is 20.8 Å². The van der Waals surface area contributed by atoms with E-state index >= 15 is 0 Å². The summed E-state index contributed by atoms with van der Waals surface area (Å²) in [7, 11) is 1.30. The number of hydrogen-bond donors (Lipinski definition) is 2. The monoisotopic (exact) mass is 285 g/mol. The van der Waals surface area contributed by atoms with Crippen molar-refractivity contribution in [3.05, 3.63) is 0 Å². The number of hydrogen-bond acceptors (Lipinski definition) is 6. The number of esters is 1. The zero-order chi connectivity index (χ0) is 15.1. The van der Waals surface area contributed by atoms with Gasteiger partial charge in [0.1, 0.15) is 11.6 Å². The van der Waals surface area contributed by atoms with Gasteiger partial charge in [0.05, 0.1) is 13.2 Å². The number of amides is 1. The maximum atomic E-state index is 12.4. The van der Waals surface area contributed by atoms with Gasteiger partial charge in [-0.2, -0.15) is 0 Å². The van der Waals surface area contributed by atoms with Gasteiger partial charge in [0.2, 0.25) is 0 Å². The molecule has 0 unspecified atom stereocenters. The molecule has 7 heteroatoms. The summed E-state index contributed by atoms with van der Waals surface area (Å²) in [6.45, 7) is 6.68. The first-order chi connectivity index (χ1) is 9.26. The maximum Gasteiger partial charge on any atom is 0.411 e. The van der Waals surface area contributed by atoms with Crippen molar-refractivity contribution < 1.29 is 19.1 Å². The average molecular weight is 285 g/mol. The Morgan fingerprint density at radius 2 is 1.95 bits per heavy atom. The van der Waals surface area contributed by atoms with Crippen LogP contribution in [0, 0.1) is 5.92 Å². The normalized spacial score (nSPS) is 33.0. The fourth-order valence-corrected chi connectivity index (χ4v) is 2.96. The molecule has 0 aromatic heterocycles. The molecule has 3 N–H and O–H groups in total. The van der Waals surface area contributed by atoms with Gasteiger partial charge < -0.3 is 20.5 Å². The summed E-state index contributed by atoms with van der Waals surface area (Å²) in [5, 5.41) is 3.20. The van der Waals surface area contributed by atoms with Crippen LogP contribution in [0.5, 0.6) is 0 Å². The molecule has 2 heterocycles. The Bertz CT molecular complexity index is 407. The molecule has 7 nitrogen and oxygen atoms in total. The fourth-order valence-electron chi connectivity index (χ4n) is 2.96. The standard InChI is InChI=1S/C13H23N3O4/c1-13(2,3)20-12(18)16-8-6-15-5-7(8)9(14)10(16)11(17)19-4/h7-10,15H,5-6,14H2,1-4H3/t7-,8+,9+,10-/m0/s1. The summed E-state index contributed by atoms with van der Waals surface area (Å²) in [5.74, 6) is -0.440. The predicted molar refractivity (Wildman–Crippen MR) is 72.0 cm³/mol. The van der Waals surface area contributed by atoms with Gasteiger partial charge in [0.25, 0.3) is 0 Å². The van der Waals surface area contributed by atoms with Crippen molar-refractivity contribution in [1.29, 1.82) is 0 Å². The van der Waals surface area contributed by atoms with Gasteiger partial charge in [-0.25, -0.2) is 9.59 Å². The van der Waals surface area contributed by atoms with Gasteiger partial charge in [0.15, 0.2) is 0 Å². The molecule has 0 radical (unpaired) electrons. The van der Waals surface area contributed by atoms with Crippen LogP contribution in [0.2, 0.25) is 0 Å². The van der Waals surface area contributed by atoms with Gasteiger partial charge >= 0.3 is 12.1 Å². The second-order valence-corrected chi connectivity index (χ2v) is 6.32. The summed E-state index contributed by atoms with van der Waals surface area (Å²) in [4.78, 5) is 25.8. The van der Waals surface area contributed by atoms with Gasteiger partial charge in [-0.3, -0.25) is 4.90 Å². The highest BCUT2D eigenvalue weighted by Gasteiger charge is 2.55. The third kappa shape index (κ3) is 2.60. The van der Waals surface area contributed by atoms with Gasteiger partial charge in [-0.1, -0.05) is 0 Å². The summed E-state index contributed by atoms with van der Waals surface area (Å²) in [6.07, 6.45) is -0.514. The first-order valence-corrected chi connectivity index (χ1v) is 6.81. The SMILES string of the molecule is COC(=O)[C@@H]1[C@H](N)[C@H]2CNC[C@H]2N1C(=O)OC(C)(C)C.